The van der Waals surface area contributed by atoms with Crippen LogP contribution in [0, 0.1) is 0 Å². The minimum atomic E-state index is -0.544. The fourth-order valence-corrected chi connectivity index (χ4v) is 1.54. The van der Waals surface area contributed by atoms with Crippen molar-refractivity contribution in [3.8, 4) is 0 Å². The molecule has 0 saturated carbocycles. The van der Waals surface area contributed by atoms with Gasteiger partial charge in [-0.2, -0.15) is 0 Å². The van der Waals surface area contributed by atoms with E-state index in [1.54, 1.807) is 11.0 Å². The van der Waals surface area contributed by atoms with Crippen molar-refractivity contribution in [1.82, 2.24) is 15.2 Å². The first-order chi connectivity index (χ1) is 8.60. The molecule has 1 heterocycles. The molecule has 0 aromatic carbocycles. The first-order valence-electron chi connectivity index (χ1n) is 5.83. The van der Waals surface area contributed by atoms with E-state index in [-0.39, 0.29) is 18.0 Å². The zero-order chi connectivity index (χ0) is 13.5. The van der Waals surface area contributed by atoms with Crippen molar-refractivity contribution >= 4 is 11.8 Å². The van der Waals surface area contributed by atoms with Crippen LogP contribution in [0.25, 0.3) is 0 Å². The van der Waals surface area contributed by atoms with Crippen LogP contribution in [0.4, 0.5) is 0 Å². The summed E-state index contributed by atoms with van der Waals surface area (Å²) in [4.78, 5) is 38.7. The Hall–Kier alpha value is -2.11. The second kappa shape index (κ2) is 6.58. The maximum atomic E-state index is 11.7. The zero-order valence-corrected chi connectivity index (χ0v) is 10.5. The number of carbonyl (C=O) groups is 2. The Morgan fingerprint density at radius 3 is 2.56 bits per heavy atom. The molecule has 0 aliphatic rings. The highest BCUT2D eigenvalue weighted by atomic mass is 16.2. The molecule has 0 fully saturated rings. The average molecular weight is 251 g/mol. The van der Waals surface area contributed by atoms with Gasteiger partial charge in [0.25, 0.3) is 11.5 Å². The smallest absolute Gasteiger partial charge is 0.260 e. The first-order valence-corrected chi connectivity index (χ1v) is 5.83. The first kappa shape index (κ1) is 14.0. The lowest BCUT2D eigenvalue weighted by Gasteiger charge is -2.18. The number of rotatable bonds is 5. The summed E-state index contributed by atoms with van der Waals surface area (Å²) in [6.07, 6.45) is 1.44. The standard InChI is InChI=1S/C12H17N3O3/c1-3-15(4-2)10(16)8-14-12(18)9-6-5-7-13-11(9)17/h5-7H,3-4,8H2,1-2H3,(H,13,17)(H,14,18). The number of pyridine rings is 1. The van der Waals surface area contributed by atoms with Gasteiger partial charge in [0.2, 0.25) is 5.91 Å². The minimum Gasteiger partial charge on any atom is -0.343 e. The Kier molecular flexibility index (Phi) is 5.10. The SMILES string of the molecule is CCN(CC)C(=O)CNC(=O)c1ccc[nH]c1=O. The molecule has 1 aromatic rings. The molecule has 0 aliphatic carbocycles. The van der Waals surface area contributed by atoms with Crippen LogP contribution in [0.15, 0.2) is 23.1 Å². The Morgan fingerprint density at radius 2 is 2.00 bits per heavy atom. The predicted octanol–water partition coefficient (Wildman–Crippen LogP) is -0.0269. The lowest BCUT2D eigenvalue weighted by molar-refractivity contribution is -0.129. The molecule has 2 amide bonds. The maximum Gasteiger partial charge on any atom is 0.260 e. The Balaban J connectivity index is 2.60. The van der Waals surface area contributed by atoms with Crippen molar-refractivity contribution in [2.75, 3.05) is 19.6 Å². The molecular weight excluding hydrogens is 234 g/mol. The van der Waals surface area contributed by atoms with Gasteiger partial charge in [0.1, 0.15) is 5.56 Å². The number of aromatic amines is 1. The van der Waals surface area contributed by atoms with Crippen LogP contribution in [-0.4, -0.2) is 41.3 Å². The number of nitrogens with one attached hydrogen (secondary N) is 2. The fourth-order valence-electron chi connectivity index (χ4n) is 1.54. The highest BCUT2D eigenvalue weighted by Crippen LogP contribution is 1.91. The van der Waals surface area contributed by atoms with Crippen LogP contribution < -0.4 is 10.9 Å². The number of hydrogen-bond donors (Lipinski definition) is 2. The Bertz CT molecular complexity index is 477. The van der Waals surface area contributed by atoms with Gasteiger partial charge in [0.05, 0.1) is 6.54 Å². The van der Waals surface area contributed by atoms with Gasteiger partial charge in [-0.25, -0.2) is 0 Å². The van der Waals surface area contributed by atoms with Gasteiger partial charge in [-0.1, -0.05) is 0 Å². The van der Waals surface area contributed by atoms with E-state index < -0.39 is 11.5 Å². The normalized spacial score (nSPS) is 9.89. The number of hydrogen-bond acceptors (Lipinski definition) is 3. The van der Waals surface area contributed by atoms with Gasteiger partial charge < -0.3 is 15.2 Å². The van der Waals surface area contributed by atoms with Gasteiger partial charge >= 0.3 is 0 Å². The van der Waals surface area contributed by atoms with E-state index >= 15 is 0 Å². The van der Waals surface area contributed by atoms with E-state index in [1.807, 2.05) is 13.8 Å². The van der Waals surface area contributed by atoms with Crippen molar-refractivity contribution in [2.24, 2.45) is 0 Å². The molecule has 98 valence electrons. The number of likely N-dealkylation sites (N-methyl/N-ethyl adjacent to an activating group) is 1. The molecule has 0 atom stereocenters. The zero-order valence-electron chi connectivity index (χ0n) is 10.5. The molecule has 0 unspecified atom stereocenters. The van der Waals surface area contributed by atoms with Crippen LogP contribution >= 0.6 is 0 Å². The molecule has 0 saturated heterocycles. The van der Waals surface area contributed by atoms with E-state index in [0.29, 0.717) is 13.1 Å². The maximum absolute atomic E-state index is 11.7. The molecular formula is C12H17N3O3. The topological polar surface area (TPSA) is 82.3 Å². The van der Waals surface area contributed by atoms with Crippen LogP contribution in [0.2, 0.25) is 0 Å². The Morgan fingerprint density at radius 1 is 1.33 bits per heavy atom. The van der Waals surface area contributed by atoms with Gasteiger partial charge in [0.15, 0.2) is 0 Å². The third kappa shape index (κ3) is 3.44. The van der Waals surface area contributed by atoms with Crippen LogP contribution in [0.1, 0.15) is 24.2 Å². The summed E-state index contributed by atoms with van der Waals surface area (Å²) >= 11 is 0. The Labute approximate surface area is 105 Å². The van der Waals surface area contributed by atoms with Gasteiger partial charge in [0, 0.05) is 19.3 Å². The van der Waals surface area contributed by atoms with Crippen molar-refractivity contribution in [3.05, 3.63) is 34.2 Å². The summed E-state index contributed by atoms with van der Waals surface area (Å²) in [5.41, 5.74) is -0.463. The monoisotopic (exact) mass is 251 g/mol. The molecule has 0 spiro atoms. The molecule has 18 heavy (non-hydrogen) atoms. The second-order valence-electron chi connectivity index (χ2n) is 3.66. The summed E-state index contributed by atoms with van der Waals surface area (Å²) in [5.74, 6) is -0.710. The molecule has 6 nitrogen and oxygen atoms in total. The summed E-state index contributed by atoms with van der Waals surface area (Å²) in [5, 5.41) is 2.44. The number of carbonyl (C=O) groups excluding carboxylic acids is 2. The van der Waals surface area contributed by atoms with Crippen LogP contribution in [-0.2, 0) is 4.79 Å². The molecule has 1 rings (SSSR count). The molecule has 2 N–H and O–H groups in total. The average Bonchev–Trinajstić information content (AvgIpc) is 2.38. The van der Waals surface area contributed by atoms with Gasteiger partial charge in [-0.3, -0.25) is 14.4 Å². The van der Waals surface area contributed by atoms with Crippen molar-refractivity contribution in [1.29, 1.82) is 0 Å². The molecule has 1 aromatic heterocycles. The third-order valence-electron chi connectivity index (χ3n) is 2.58. The molecule has 0 bridgehead atoms. The summed E-state index contributed by atoms with van der Waals surface area (Å²) in [6, 6.07) is 2.97. The van der Waals surface area contributed by atoms with E-state index in [9.17, 15) is 14.4 Å². The minimum absolute atomic E-state index is 0.00449. The largest absolute Gasteiger partial charge is 0.343 e. The summed E-state index contributed by atoms with van der Waals surface area (Å²) < 4.78 is 0. The lowest BCUT2D eigenvalue weighted by atomic mass is 10.2. The van der Waals surface area contributed by atoms with Crippen molar-refractivity contribution < 1.29 is 9.59 Å². The second-order valence-corrected chi connectivity index (χ2v) is 3.66. The molecule has 6 heteroatoms. The van der Waals surface area contributed by atoms with E-state index in [2.05, 4.69) is 10.3 Å². The van der Waals surface area contributed by atoms with Crippen LogP contribution in [0.3, 0.4) is 0 Å². The van der Waals surface area contributed by atoms with E-state index in [4.69, 9.17) is 0 Å². The molecule has 0 aliphatic heterocycles. The number of nitrogens with zero attached hydrogens (tertiary/aromatic N) is 1. The summed E-state index contributed by atoms with van der Waals surface area (Å²) in [7, 11) is 0. The number of aromatic nitrogens is 1. The van der Waals surface area contributed by atoms with E-state index in [1.165, 1.54) is 12.3 Å². The number of H-pyrrole nitrogens is 1. The van der Waals surface area contributed by atoms with Crippen molar-refractivity contribution in [2.45, 2.75) is 13.8 Å². The quantitative estimate of drug-likeness (QED) is 0.771. The number of amides is 2. The van der Waals surface area contributed by atoms with E-state index in [0.717, 1.165) is 0 Å². The van der Waals surface area contributed by atoms with Crippen LogP contribution in [0.5, 0.6) is 0 Å². The van der Waals surface area contributed by atoms with Gasteiger partial charge in [-0.15, -0.1) is 0 Å². The summed E-state index contributed by atoms with van der Waals surface area (Å²) in [6.45, 7) is 4.82. The molecule has 0 radical (unpaired) electrons. The lowest BCUT2D eigenvalue weighted by Crippen LogP contribution is -2.41. The fraction of sp³-hybridized carbons (Fsp3) is 0.417. The van der Waals surface area contributed by atoms with Crippen molar-refractivity contribution in [3.63, 3.8) is 0 Å². The highest BCUT2D eigenvalue weighted by Gasteiger charge is 2.13. The third-order valence-corrected chi connectivity index (χ3v) is 2.58. The predicted molar refractivity (Wildman–Crippen MR) is 67.3 cm³/mol. The van der Waals surface area contributed by atoms with Gasteiger partial charge in [-0.05, 0) is 26.0 Å². The highest BCUT2D eigenvalue weighted by molar-refractivity contribution is 5.96.